The van der Waals surface area contributed by atoms with Crippen molar-refractivity contribution in [3.8, 4) is 11.5 Å². The van der Waals surface area contributed by atoms with Crippen LogP contribution in [0.4, 0.5) is 0 Å². The molecule has 0 saturated heterocycles. The van der Waals surface area contributed by atoms with E-state index in [2.05, 4.69) is 19.2 Å². The number of nitrogens with one attached hydrogen (secondary N) is 1. The van der Waals surface area contributed by atoms with Gasteiger partial charge in [0.2, 0.25) is 0 Å². The summed E-state index contributed by atoms with van der Waals surface area (Å²) in [6.45, 7) is 6.68. The lowest BCUT2D eigenvalue weighted by atomic mass is 10.2. The van der Waals surface area contributed by atoms with Crippen molar-refractivity contribution < 1.29 is 14.2 Å². The van der Waals surface area contributed by atoms with E-state index in [0.717, 1.165) is 18.7 Å². The minimum absolute atomic E-state index is 0.453. The third kappa shape index (κ3) is 5.57. The van der Waals surface area contributed by atoms with Gasteiger partial charge in [0.15, 0.2) is 11.5 Å². The predicted octanol–water partition coefficient (Wildman–Crippen LogP) is 3.12. The van der Waals surface area contributed by atoms with Crippen molar-refractivity contribution in [3.63, 3.8) is 0 Å². The van der Waals surface area contributed by atoms with E-state index in [-0.39, 0.29) is 0 Å². The minimum atomic E-state index is 0.453. The number of benzene rings is 1. The van der Waals surface area contributed by atoms with Crippen LogP contribution in [0.3, 0.4) is 0 Å². The van der Waals surface area contributed by atoms with Crippen molar-refractivity contribution in [2.45, 2.75) is 20.4 Å². The fourth-order valence-corrected chi connectivity index (χ4v) is 2.03. The molecule has 1 N–H and O–H groups in total. The number of hydrogen-bond donors (Lipinski definition) is 1. The number of ether oxygens (including phenoxy) is 3. The highest BCUT2D eigenvalue weighted by molar-refractivity contribution is 6.32. The van der Waals surface area contributed by atoms with Gasteiger partial charge in [-0.25, -0.2) is 0 Å². The zero-order valence-electron chi connectivity index (χ0n) is 12.7. The molecule has 1 aromatic carbocycles. The fraction of sp³-hybridized carbons (Fsp3) is 0.600. The highest BCUT2D eigenvalue weighted by Gasteiger charge is 2.11. The van der Waals surface area contributed by atoms with Gasteiger partial charge in [0.1, 0.15) is 6.61 Å². The molecule has 0 unspecified atom stereocenters. The molecular weight excluding hydrogens is 278 g/mol. The Morgan fingerprint density at radius 3 is 2.60 bits per heavy atom. The summed E-state index contributed by atoms with van der Waals surface area (Å²) in [7, 11) is 3.49. The van der Waals surface area contributed by atoms with Gasteiger partial charge in [-0.05, 0) is 30.7 Å². The lowest BCUT2D eigenvalue weighted by molar-refractivity contribution is 0.0811. The molecule has 0 heterocycles. The van der Waals surface area contributed by atoms with Crippen LogP contribution in [0.15, 0.2) is 12.1 Å². The Hall–Kier alpha value is -0.970. The van der Waals surface area contributed by atoms with Crippen LogP contribution < -0.4 is 14.8 Å². The summed E-state index contributed by atoms with van der Waals surface area (Å²) in [4.78, 5) is 0. The summed E-state index contributed by atoms with van der Waals surface area (Å²) in [5.74, 6) is 1.74. The Morgan fingerprint density at radius 2 is 2.00 bits per heavy atom. The predicted molar refractivity (Wildman–Crippen MR) is 81.9 cm³/mol. The molecule has 0 aliphatic carbocycles. The zero-order chi connectivity index (χ0) is 15.0. The summed E-state index contributed by atoms with van der Waals surface area (Å²) >= 11 is 6.24. The molecule has 0 spiro atoms. The van der Waals surface area contributed by atoms with Crippen LogP contribution in [0, 0.1) is 5.92 Å². The second kappa shape index (κ2) is 9.06. The molecule has 0 fully saturated rings. The molecule has 20 heavy (non-hydrogen) atoms. The van der Waals surface area contributed by atoms with Crippen LogP contribution >= 0.6 is 11.6 Å². The third-order valence-corrected chi connectivity index (χ3v) is 2.88. The molecule has 0 bridgehead atoms. The van der Waals surface area contributed by atoms with Crippen molar-refractivity contribution in [1.82, 2.24) is 5.32 Å². The van der Waals surface area contributed by atoms with Gasteiger partial charge in [0.25, 0.3) is 0 Å². The van der Waals surface area contributed by atoms with E-state index in [0.29, 0.717) is 35.7 Å². The molecule has 0 radical (unpaired) electrons. The number of hydrogen-bond acceptors (Lipinski definition) is 4. The minimum Gasteiger partial charge on any atom is -0.493 e. The summed E-state index contributed by atoms with van der Waals surface area (Å²) in [6, 6.07) is 3.80. The Morgan fingerprint density at radius 1 is 1.25 bits per heavy atom. The molecular formula is C15H24ClNO3. The van der Waals surface area contributed by atoms with Crippen LogP contribution in [0.5, 0.6) is 11.5 Å². The molecule has 0 atom stereocenters. The largest absolute Gasteiger partial charge is 0.493 e. The molecule has 0 aliphatic heterocycles. The van der Waals surface area contributed by atoms with Gasteiger partial charge >= 0.3 is 0 Å². The SMILES string of the molecule is CNCc1cc(Cl)c(OCCOCC(C)C)c(OC)c1. The topological polar surface area (TPSA) is 39.7 Å². The first-order valence-corrected chi connectivity index (χ1v) is 7.17. The lowest BCUT2D eigenvalue weighted by Gasteiger charge is -2.14. The van der Waals surface area contributed by atoms with Crippen molar-refractivity contribution in [2.24, 2.45) is 5.92 Å². The Kier molecular flexibility index (Phi) is 7.73. The normalized spacial score (nSPS) is 10.9. The molecule has 0 aromatic heterocycles. The van der Waals surface area contributed by atoms with E-state index in [1.165, 1.54) is 0 Å². The molecule has 1 rings (SSSR count). The second-order valence-electron chi connectivity index (χ2n) is 4.96. The molecule has 5 heteroatoms. The van der Waals surface area contributed by atoms with Crippen molar-refractivity contribution >= 4 is 11.6 Å². The molecule has 1 aromatic rings. The molecule has 0 aliphatic rings. The quantitative estimate of drug-likeness (QED) is 0.711. The first-order valence-electron chi connectivity index (χ1n) is 6.80. The van der Waals surface area contributed by atoms with Crippen LogP contribution in [0.2, 0.25) is 5.02 Å². The van der Waals surface area contributed by atoms with Crippen molar-refractivity contribution in [3.05, 3.63) is 22.7 Å². The van der Waals surface area contributed by atoms with E-state index >= 15 is 0 Å². The maximum atomic E-state index is 6.24. The van der Waals surface area contributed by atoms with E-state index < -0.39 is 0 Å². The maximum Gasteiger partial charge on any atom is 0.179 e. The first-order chi connectivity index (χ1) is 9.58. The van der Waals surface area contributed by atoms with Crippen LogP contribution in [-0.4, -0.2) is 34.0 Å². The Balaban J connectivity index is 2.60. The Bertz CT molecular complexity index is 410. The van der Waals surface area contributed by atoms with Gasteiger partial charge in [-0.3, -0.25) is 0 Å². The zero-order valence-corrected chi connectivity index (χ0v) is 13.4. The highest BCUT2D eigenvalue weighted by atomic mass is 35.5. The molecule has 114 valence electrons. The van der Waals surface area contributed by atoms with Gasteiger partial charge in [0.05, 0.1) is 18.7 Å². The van der Waals surface area contributed by atoms with Crippen LogP contribution in [0.1, 0.15) is 19.4 Å². The summed E-state index contributed by atoms with van der Waals surface area (Å²) in [5.41, 5.74) is 1.05. The highest BCUT2D eigenvalue weighted by Crippen LogP contribution is 2.36. The van der Waals surface area contributed by atoms with Crippen LogP contribution in [-0.2, 0) is 11.3 Å². The average Bonchev–Trinajstić information content (AvgIpc) is 2.40. The standard InChI is InChI=1S/C15H24ClNO3/c1-11(2)10-19-5-6-20-15-13(16)7-12(9-17-3)8-14(15)18-4/h7-8,11,17H,5-6,9-10H2,1-4H3. The molecule has 4 nitrogen and oxygen atoms in total. The third-order valence-electron chi connectivity index (χ3n) is 2.60. The van der Waals surface area contributed by atoms with Crippen molar-refractivity contribution in [2.75, 3.05) is 34.0 Å². The monoisotopic (exact) mass is 301 g/mol. The van der Waals surface area contributed by atoms with Gasteiger partial charge < -0.3 is 19.5 Å². The number of rotatable bonds is 9. The summed E-state index contributed by atoms with van der Waals surface area (Å²) < 4.78 is 16.5. The maximum absolute atomic E-state index is 6.24. The van der Waals surface area contributed by atoms with Crippen LogP contribution in [0.25, 0.3) is 0 Å². The van der Waals surface area contributed by atoms with E-state index in [1.807, 2.05) is 19.2 Å². The van der Waals surface area contributed by atoms with E-state index in [9.17, 15) is 0 Å². The molecule has 0 saturated carbocycles. The molecule has 0 amide bonds. The smallest absolute Gasteiger partial charge is 0.179 e. The number of halogens is 1. The van der Waals surface area contributed by atoms with E-state index in [1.54, 1.807) is 7.11 Å². The fourth-order valence-electron chi connectivity index (χ4n) is 1.74. The van der Waals surface area contributed by atoms with Gasteiger partial charge in [-0.2, -0.15) is 0 Å². The summed E-state index contributed by atoms with van der Waals surface area (Å²) in [5, 5.41) is 3.63. The summed E-state index contributed by atoms with van der Waals surface area (Å²) in [6.07, 6.45) is 0. The van der Waals surface area contributed by atoms with Crippen molar-refractivity contribution in [1.29, 1.82) is 0 Å². The number of methoxy groups -OCH3 is 1. The van der Waals surface area contributed by atoms with E-state index in [4.69, 9.17) is 25.8 Å². The Labute approximate surface area is 126 Å². The van der Waals surface area contributed by atoms with Gasteiger partial charge in [-0.1, -0.05) is 25.4 Å². The lowest BCUT2D eigenvalue weighted by Crippen LogP contribution is -2.11. The average molecular weight is 302 g/mol. The second-order valence-corrected chi connectivity index (χ2v) is 5.36. The first kappa shape index (κ1) is 17.1. The van der Waals surface area contributed by atoms with Gasteiger partial charge in [0, 0.05) is 13.2 Å². The van der Waals surface area contributed by atoms with Gasteiger partial charge in [-0.15, -0.1) is 0 Å².